The summed E-state index contributed by atoms with van der Waals surface area (Å²) >= 11 is 1.62. The van der Waals surface area contributed by atoms with Gasteiger partial charge in [0.2, 0.25) is 0 Å². The monoisotopic (exact) mass is 303 g/mol. The highest BCUT2D eigenvalue weighted by Gasteiger charge is 2.18. The molecule has 0 unspecified atom stereocenters. The van der Waals surface area contributed by atoms with Gasteiger partial charge in [-0.25, -0.2) is 9.97 Å². The molecule has 1 fully saturated rings. The number of piperazine rings is 1. The fourth-order valence-corrected chi connectivity index (χ4v) is 3.51. The van der Waals surface area contributed by atoms with E-state index in [2.05, 4.69) is 25.8 Å². The first-order chi connectivity index (χ1) is 10.2. The summed E-state index contributed by atoms with van der Waals surface area (Å²) in [4.78, 5) is 14.9. The van der Waals surface area contributed by atoms with E-state index < -0.39 is 0 Å². The lowest BCUT2D eigenvalue weighted by molar-refractivity contribution is 0.261. The van der Waals surface area contributed by atoms with Crippen molar-refractivity contribution in [3.05, 3.63) is 35.0 Å². The second kappa shape index (κ2) is 6.41. The number of thiazole rings is 1. The van der Waals surface area contributed by atoms with E-state index in [9.17, 15) is 0 Å². The molecule has 0 bridgehead atoms. The van der Waals surface area contributed by atoms with Crippen LogP contribution in [0.25, 0.3) is 0 Å². The third kappa shape index (κ3) is 3.51. The lowest BCUT2D eigenvalue weighted by Gasteiger charge is -2.35. The van der Waals surface area contributed by atoms with Gasteiger partial charge >= 0.3 is 0 Å². The summed E-state index contributed by atoms with van der Waals surface area (Å²) in [5.74, 6) is 1.09. The largest absolute Gasteiger partial charge is 0.375 e. The van der Waals surface area contributed by atoms with Gasteiger partial charge in [-0.3, -0.25) is 4.90 Å². The molecule has 1 aliphatic heterocycles. The van der Waals surface area contributed by atoms with E-state index in [1.54, 1.807) is 11.3 Å². The highest BCUT2D eigenvalue weighted by Crippen LogP contribution is 2.20. The minimum atomic E-state index is 0.683. The second-order valence-corrected chi connectivity index (χ2v) is 6.44. The van der Waals surface area contributed by atoms with Crippen molar-refractivity contribution in [2.45, 2.75) is 13.3 Å². The lowest BCUT2D eigenvalue weighted by Crippen LogP contribution is -2.47. The van der Waals surface area contributed by atoms with Crippen LogP contribution >= 0.6 is 11.3 Å². The minimum Gasteiger partial charge on any atom is -0.375 e. The molecule has 1 aliphatic rings. The van der Waals surface area contributed by atoms with Crippen LogP contribution in [0.1, 0.15) is 10.6 Å². The van der Waals surface area contributed by atoms with Gasteiger partial charge in [-0.05, 0) is 25.5 Å². The second-order valence-electron chi connectivity index (χ2n) is 5.33. The highest BCUT2D eigenvalue weighted by molar-refractivity contribution is 7.15. The third-order valence-electron chi connectivity index (χ3n) is 3.91. The summed E-state index contributed by atoms with van der Waals surface area (Å²) in [6.07, 6.45) is 2.91. The number of nitrogen functional groups attached to an aromatic ring is 1. The van der Waals surface area contributed by atoms with Gasteiger partial charge in [0, 0.05) is 43.8 Å². The maximum absolute atomic E-state index is 5.75. The number of nitrogens with zero attached hydrogens (tertiary/aromatic N) is 4. The van der Waals surface area contributed by atoms with E-state index >= 15 is 0 Å². The van der Waals surface area contributed by atoms with Crippen molar-refractivity contribution in [3.63, 3.8) is 0 Å². The predicted octanol–water partition coefficient (Wildman–Crippen LogP) is 1.79. The summed E-state index contributed by atoms with van der Waals surface area (Å²) < 4.78 is 0. The predicted molar refractivity (Wildman–Crippen MR) is 87.9 cm³/mol. The molecule has 0 radical (unpaired) electrons. The van der Waals surface area contributed by atoms with Crippen LogP contribution in [0.4, 0.5) is 10.9 Å². The van der Waals surface area contributed by atoms with Crippen molar-refractivity contribution in [2.75, 3.05) is 43.4 Å². The van der Waals surface area contributed by atoms with E-state index in [0.29, 0.717) is 5.13 Å². The molecule has 0 atom stereocenters. The Hall–Kier alpha value is -1.66. The molecular weight excluding hydrogens is 282 g/mol. The molecule has 0 saturated carbocycles. The van der Waals surface area contributed by atoms with Crippen molar-refractivity contribution >= 4 is 22.3 Å². The molecule has 2 aromatic rings. The van der Waals surface area contributed by atoms with E-state index in [4.69, 9.17) is 5.73 Å². The van der Waals surface area contributed by atoms with Crippen molar-refractivity contribution in [1.29, 1.82) is 0 Å². The maximum atomic E-state index is 5.75. The normalized spacial score (nSPS) is 16.3. The Labute approximate surface area is 129 Å². The zero-order chi connectivity index (χ0) is 14.7. The minimum absolute atomic E-state index is 0.683. The molecule has 0 aromatic carbocycles. The molecule has 3 heterocycles. The van der Waals surface area contributed by atoms with E-state index in [1.165, 1.54) is 4.88 Å². The molecule has 112 valence electrons. The molecule has 0 spiro atoms. The Kier molecular flexibility index (Phi) is 4.36. The summed E-state index contributed by atoms with van der Waals surface area (Å²) in [6.45, 7) is 7.38. The number of hydrogen-bond acceptors (Lipinski definition) is 6. The molecular formula is C15H21N5S. The number of rotatable bonds is 4. The van der Waals surface area contributed by atoms with Gasteiger partial charge in [-0.1, -0.05) is 6.07 Å². The zero-order valence-electron chi connectivity index (χ0n) is 12.3. The molecule has 2 aromatic heterocycles. The van der Waals surface area contributed by atoms with E-state index in [1.807, 2.05) is 25.3 Å². The number of aromatic nitrogens is 2. The summed E-state index contributed by atoms with van der Waals surface area (Å²) in [6, 6.07) is 6.09. The van der Waals surface area contributed by atoms with E-state index in [-0.39, 0.29) is 0 Å². The molecule has 3 rings (SSSR count). The molecule has 6 heteroatoms. The highest BCUT2D eigenvalue weighted by atomic mass is 32.1. The average Bonchev–Trinajstić information content (AvgIpc) is 2.84. The van der Waals surface area contributed by atoms with Crippen molar-refractivity contribution in [3.8, 4) is 0 Å². The van der Waals surface area contributed by atoms with Crippen LogP contribution in [0.3, 0.4) is 0 Å². The van der Waals surface area contributed by atoms with Crippen LogP contribution in [0.5, 0.6) is 0 Å². The Morgan fingerprint density at radius 1 is 1.24 bits per heavy atom. The van der Waals surface area contributed by atoms with Gasteiger partial charge in [0.25, 0.3) is 0 Å². The van der Waals surface area contributed by atoms with Crippen LogP contribution in [0, 0.1) is 6.92 Å². The Bertz CT molecular complexity index is 575. The first-order valence-electron chi connectivity index (χ1n) is 7.32. The summed E-state index contributed by atoms with van der Waals surface area (Å²) in [7, 11) is 0. The molecule has 1 saturated heterocycles. The Morgan fingerprint density at radius 3 is 2.67 bits per heavy atom. The smallest absolute Gasteiger partial charge is 0.180 e. The van der Waals surface area contributed by atoms with Gasteiger partial charge in [-0.2, -0.15) is 0 Å². The summed E-state index contributed by atoms with van der Waals surface area (Å²) in [5.41, 5.74) is 6.84. The van der Waals surface area contributed by atoms with Crippen LogP contribution in [0.2, 0.25) is 0 Å². The topological polar surface area (TPSA) is 58.3 Å². The number of pyridine rings is 1. The molecule has 2 N–H and O–H groups in total. The molecule has 0 amide bonds. The molecule has 5 nitrogen and oxygen atoms in total. The third-order valence-corrected chi connectivity index (χ3v) is 4.96. The van der Waals surface area contributed by atoms with Gasteiger partial charge in [0.1, 0.15) is 5.82 Å². The number of nitrogens with two attached hydrogens (primary N) is 1. The zero-order valence-corrected chi connectivity index (χ0v) is 13.1. The SMILES string of the molecule is Cc1nc(N)sc1CCN1CCN(c2ccccn2)CC1. The van der Waals surface area contributed by atoms with Crippen LogP contribution in [0.15, 0.2) is 24.4 Å². The Balaban J connectivity index is 1.49. The van der Waals surface area contributed by atoms with Crippen molar-refractivity contribution in [1.82, 2.24) is 14.9 Å². The van der Waals surface area contributed by atoms with Gasteiger partial charge < -0.3 is 10.6 Å². The van der Waals surface area contributed by atoms with Crippen molar-refractivity contribution in [2.24, 2.45) is 0 Å². The van der Waals surface area contributed by atoms with Gasteiger partial charge in [-0.15, -0.1) is 11.3 Å². The molecule has 0 aliphatic carbocycles. The quantitative estimate of drug-likeness (QED) is 0.933. The Morgan fingerprint density at radius 2 is 2.05 bits per heavy atom. The number of anilines is 2. The fraction of sp³-hybridized carbons (Fsp3) is 0.467. The standard InChI is InChI=1S/C15H21N5S/c1-12-13(21-15(16)18-12)5-7-19-8-10-20(11-9-19)14-4-2-3-6-17-14/h2-4,6H,5,7-11H2,1H3,(H2,16,18). The summed E-state index contributed by atoms with van der Waals surface area (Å²) in [5, 5.41) is 0.683. The van der Waals surface area contributed by atoms with Crippen LogP contribution in [-0.2, 0) is 6.42 Å². The van der Waals surface area contributed by atoms with Gasteiger partial charge in [0.15, 0.2) is 5.13 Å². The van der Waals surface area contributed by atoms with Crippen molar-refractivity contribution < 1.29 is 0 Å². The number of hydrogen-bond donors (Lipinski definition) is 1. The lowest BCUT2D eigenvalue weighted by atomic mass is 10.2. The molecule has 21 heavy (non-hydrogen) atoms. The van der Waals surface area contributed by atoms with Gasteiger partial charge in [0.05, 0.1) is 5.69 Å². The maximum Gasteiger partial charge on any atom is 0.180 e. The van der Waals surface area contributed by atoms with E-state index in [0.717, 1.165) is 50.7 Å². The van der Waals surface area contributed by atoms with Crippen LogP contribution in [-0.4, -0.2) is 47.6 Å². The first kappa shape index (κ1) is 14.3. The fourth-order valence-electron chi connectivity index (χ4n) is 2.68. The number of aryl methyl sites for hydroxylation is 1. The average molecular weight is 303 g/mol. The first-order valence-corrected chi connectivity index (χ1v) is 8.14. The van der Waals surface area contributed by atoms with Crippen LogP contribution < -0.4 is 10.6 Å².